The summed E-state index contributed by atoms with van der Waals surface area (Å²) in [4.78, 5) is 58.2. The highest BCUT2D eigenvalue weighted by atomic mass is 32.2. The number of aliphatic carboxylic acids is 1. The lowest BCUT2D eigenvalue weighted by Crippen LogP contribution is -2.58. The fraction of sp³-hybridized carbons (Fsp3) is 0.519. The average Bonchev–Trinajstić information content (AvgIpc) is 3.32. The first-order valence-electron chi connectivity index (χ1n) is 13.4. The number of carboxylic acids is 1. The maximum absolute atomic E-state index is 13.4. The van der Waals surface area contributed by atoms with Crippen LogP contribution in [0, 0.1) is 5.92 Å². The van der Waals surface area contributed by atoms with Crippen molar-refractivity contribution < 1.29 is 24.3 Å². The Morgan fingerprint density at radius 2 is 1.68 bits per heavy atom. The van der Waals surface area contributed by atoms with E-state index in [1.807, 2.05) is 30.5 Å². The van der Waals surface area contributed by atoms with Crippen molar-refractivity contribution >= 4 is 52.3 Å². The summed E-state index contributed by atoms with van der Waals surface area (Å²) in [6.45, 7) is 3.68. The predicted molar refractivity (Wildman–Crippen MR) is 161 cm³/mol. The smallest absolute Gasteiger partial charge is 0.326 e. The van der Waals surface area contributed by atoms with Crippen LogP contribution in [0.25, 0.3) is 10.9 Å². The third-order valence-corrected chi connectivity index (χ3v) is 7.15. The second kappa shape index (κ2) is 16.5. The largest absolute Gasteiger partial charge is 0.480 e. The average molecular weight is 591 g/mol. The molecule has 0 aliphatic rings. The molecule has 1 heterocycles. The summed E-state index contributed by atoms with van der Waals surface area (Å²) >= 11 is 1.46. The number of hydrogen-bond acceptors (Lipinski definition) is 7. The summed E-state index contributed by atoms with van der Waals surface area (Å²) < 4.78 is 0. The van der Waals surface area contributed by atoms with Crippen LogP contribution in [0.3, 0.4) is 0 Å². The van der Waals surface area contributed by atoms with Crippen molar-refractivity contribution in [1.82, 2.24) is 20.9 Å². The van der Waals surface area contributed by atoms with Crippen molar-refractivity contribution in [2.75, 3.05) is 18.6 Å². The highest BCUT2D eigenvalue weighted by Gasteiger charge is 2.31. The topological polar surface area (TPSA) is 231 Å². The van der Waals surface area contributed by atoms with Gasteiger partial charge in [0.2, 0.25) is 17.7 Å². The van der Waals surface area contributed by atoms with E-state index < -0.39 is 47.9 Å². The molecule has 0 bridgehead atoms. The van der Waals surface area contributed by atoms with Gasteiger partial charge in [-0.15, -0.1) is 0 Å². The number of rotatable bonds is 17. The van der Waals surface area contributed by atoms with E-state index in [0.717, 1.165) is 16.5 Å². The highest BCUT2D eigenvalue weighted by Crippen LogP contribution is 2.19. The summed E-state index contributed by atoms with van der Waals surface area (Å²) in [5.74, 6) is -2.84. The minimum absolute atomic E-state index is 0.0956. The third kappa shape index (κ3) is 10.6. The van der Waals surface area contributed by atoms with E-state index in [1.54, 1.807) is 20.0 Å². The van der Waals surface area contributed by atoms with Gasteiger partial charge in [-0.2, -0.15) is 11.8 Å². The molecule has 0 radical (unpaired) electrons. The molecule has 0 fully saturated rings. The number of carbonyl (C=O) groups excluding carboxylic acids is 3. The van der Waals surface area contributed by atoms with E-state index in [9.17, 15) is 24.3 Å². The van der Waals surface area contributed by atoms with Crippen LogP contribution in [0.15, 0.2) is 35.5 Å². The first-order chi connectivity index (χ1) is 19.4. The molecule has 0 aliphatic carbocycles. The normalized spacial score (nSPS) is 14.1. The lowest BCUT2D eigenvalue weighted by molar-refractivity contribution is -0.142. The van der Waals surface area contributed by atoms with Crippen LogP contribution in [-0.2, 0) is 25.6 Å². The number of thioether (sulfide) groups is 1. The van der Waals surface area contributed by atoms with Crippen LogP contribution in [0.1, 0.15) is 38.7 Å². The Balaban J connectivity index is 2.14. The van der Waals surface area contributed by atoms with Crippen molar-refractivity contribution in [2.45, 2.75) is 63.7 Å². The molecule has 4 unspecified atom stereocenters. The number of aliphatic imine (C=N–C) groups is 1. The number of para-hydroxylation sites is 1. The molecule has 14 heteroatoms. The zero-order valence-corrected chi connectivity index (χ0v) is 24.5. The number of nitrogens with one attached hydrogen (secondary N) is 4. The predicted octanol–water partition coefficient (Wildman–Crippen LogP) is 0.0394. The van der Waals surface area contributed by atoms with E-state index in [0.29, 0.717) is 12.2 Å². The summed E-state index contributed by atoms with van der Waals surface area (Å²) in [7, 11) is 0. The molecule has 41 heavy (non-hydrogen) atoms. The van der Waals surface area contributed by atoms with E-state index in [-0.39, 0.29) is 37.7 Å². The molecular formula is C27H42N8O5S. The van der Waals surface area contributed by atoms with E-state index in [4.69, 9.17) is 17.2 Å². The lowest BCUT2D eigenvalue weighted by atomic mass is 10.0. The van der Waals surface area contributed by atoms with Crippen LogP contribution in [-0.4, -0.2) is 82.5 Å². The number of aromatic nitrogens is 1. The molecule has 1 aromatic heterocycles. The Bertz CT molecular complexity index is 1210. The first kappa shape index (κ1) is 33.4. The van der Waals surface area contributed by atoms with Gasteiger partial charge >= 0.3 is 5.97 Å². The van der Waals surface area contributed by atoms with Crippen LogP contribution in [0.5, 0.6) is 0 Å². The van der Waals surface area contributed by atoms with E-state index >= 15 is 0 Å². The van der Waals surface area contributed by atoms with Crippen LogP contribution < -0.4 is 33.2 Å². The van der Waals surface area contributed by atoms with Gasteiger partial charge in [0.15, 0.2) is 5.96 Å². The van der Waals surface area contributed by atoms with Gasteiger partial charge in [0.25, 0.3) is 0 Å². The van der Waals surface area contributed by atoms with Crippen molar-refractivity contribution in [3.05, 3.63) is 36.0 Å². The Kier molecular flexibility index (Phi) is 13.4. The Morgan fingerprint density at radius 3 is 2.32 bits per heavy atom. The number of amides is 3. The van der Waals surface area contributed by atoms with Crippen molar-refractivity contribution in [1.29, 1.82) is 0 Å². The summed E-state index contributed by atoms with van der Waals surface area (Å²) in [6.07, 6.45) is 4.65. The van der Waals surface area contributed by atoms with Gasteiger partial charge in [-0.1, -0.05) is 32.0 Å². The van der Waals surface area contributed by atoms with Crippen molar-refractivity contribution in [3.8, 4) is 0 Å². The number of aromatic amines is 1. The van der Waals surface area contributed by atoms with Gasteiger partial charge in [0.1, 0.15) is 18.1 Å². The first-order valence-corrected chi connectivity index (χ1v) is 14.8. The van der Waals surface area contributed by atoms with Crippen molar-refractivity contribution in [3.63, 3.8) is 0 Å². The zero-order valence-electron chi connectivity index (χ0n) is 23.7. The molecule has 2 aromatic rings. The molecule has 226 valence electrons. The van der Waals surface area contributed by atoms with Crippen LogP contribution >= 0.6 is 11.8 Å². The number of fused-ring (bicyclic) bond motifs is 1. The van der Waals surface area contributed by atoms with Crippen molar-refractivity contribution in [2.24, 2.45) is 28.1 Å². The van der Waals surface area contributed by atoms with Gasteiger partial charge in [-0.05, 0) is 55.2 Å². The van der Waals surface area contributed by atoms with Gasteiger partial charge in [0, 0.05) is 23.6 Å². The highest BCUT2D eigenvalue weighted by molar-refractivity contribution is 7.98. The molecule has 2 rings (SSSR count). The quantitative estimate of drug-likeness (QED) is 0.0705. The van der Waals surface area contributed by atoms with Gasteiger partial charge in [-0.25, -0.2) is 4.79 Å². The number of guanidine groups is 1. The SMILES string of the molecule is CSCCC(NC(=O)C(NC(=O)C(CCCN=C(N)N)NC(=O)C(N)Cc1c[nH]c2ccccc12)C(C)C)C(=O)O. The second-order valence-corrected chi connectivity index (χ2v) is 11.1. The second-order valence-electron chi connectivity index (χ2n) is 10.1. The fourth-order valence-electron chi connectivity index (χ4n) is 4.22. The molecule has 4 atom stereocenters. The standard InChI is InChI=1S/C27H42N8O5S/c1-15(2)22(25(38)34-21(26(39)40)10-12-41-3)35-24(37)20(9-6-11-31-27(29)30)33-23(36)18(28)13-16-14-32-19-8-5-4-7-17(16)19/h4-5,7-8,14-15,18,20-22,32H,6,9-13,28H2,1-3H3,(H,33,36)(H,34,38)(H,35,37)(H,39,40)(H4,29,30,31). The number of nitrogens with zero attached hydrogens (tertiary/aromatic N) is 1. The number of H-pyrrole nitrogens is 1. The van der Waals surface area contributed by atoms with Gasteiger partial charge < -0.3 is 43.2 Å². The summed E-state index contributed by atoms with van der Waals surface area (Å²) in [6, 6.07) is 3.54. The molecule has 0 aliphatic heterocycles. The van der Waals surface area contributed by atoms with E-state index in [2.05, 4.69) is 25.9 Å². The fourth-order valence-corrected chi connectivity index (χ4v) is 4.70. The zero-order chi connectivity index (χ0) is 30.5. The number of benzene rings is 1. The minimum Gasteiger partial charge on any atom is -0.480 e. The third-order valence-electron chi connectivity index (χ3n) is 6.50. The number of carboxylic acid groups (broad SMARTS) is 1. The molecule has 1 aromatic carbocycles. The maximum atomic E-state index is 13.4. The maximum Gasteiger partial charge on any atom is 0.326 e. The molecule has 11 N–H and O–H groups in total. The Hall–Kier alpha value is -3.78. The monoisotopic (exact) mass is 590 g/mol. The van der Waals surface area contributed by atoms with Crippen LogP contribution in [0.4, 0.5) is 0 Å². The molecule has 0 saturated carbocycles. The molecule has 13 nitrogen and oxygen atoms in total. The van der Waals surface area contributed by atoms with E-state index in [1.165, 1.54) is 11.8 Å². The summed E-state index contributed by atoms with van der Waals surface area (Å²) in [5.41, 5.74) is 18.8. The number of hydrogen-bond donors (Lipinski definition) is 8. The van der Waals surface area contributed by atoms with Crippen LogP contribution in [0.2, 0.25) is 0 Å². The molecule has 0 saturated heterocycles. The summed E-state index contributed by atoms with van der Waals surface area (Å²) in [5, 5.41) is 18.4. The molecule has 3 amide bonds. The molecular weight excluding hydrogens is 548 g/mol. The number of carbonyl (C=O) groups is 4. The minimum atomic E-state index is -1.16. The lowest BCUT2D eigenvalue weighted by Gasteiger charge is -2.27. The Morgan fingerprint density at radius 1 is 1.00 bits per heavy atom. The number of nitrogens with two attached hydrogens (primary N) is 3. The van der Waals surface area contributed by atoms with Gasteiger partial charge in [-0.3, -0.25) is 19.4 Å². The molecule has 0 spiro atoms. The Labute approximate surface area is 243 Å². The van der Waals surface area contributed by atoms with Gasteiger partial charge in [0.05, 0.1) is 6.04 Å².